The average Bonchev–Trinajstić information content (AvgIpc) is 2.93. The number of halogens is 2. The number of nitrogens with one attached hydrogen (secondary N) is 1. The summed E-state index contributed by atoms with van der Waals surface area (Å²) in [5.74, 6) is -0.247. The van der Waals surface area contributed by atoms with Gasteiger partial charge in [-0.1, -0.05) is 6.92 Å². The van der Waals surface area contributed by atoms with Crippen LogP contribution in [0.15, 0.2) is 35.2 Å². The highest BCUT2D eigenvalue weighted by atomic mass is 79.9. The van der Waals surface area contributed by atoms with E-state index >= 15 is 0 Å². The minimum Gasteiger partial charge on any atom is -0.317 e. The summed E-state index contributed by atoms with van der Waals surface area (Å²) in [6, 6.07) is 5.06. The molecule has 3 rings (SSSR count). The maximum Gasteiger partial charge on any atom is 0.137 e. The summed E-state index contributed by atoms with van der Waals surface area (Å²) in [7, 11) is 0. The van der Waals surface area contributed by atoms with Crippen molar-refractivity contribution in [1.82, 2.24) is 14.9 Å². The smallest absolute Gasteiger partial charge is 0.137 e. The number of hydrogen-bond donors (Lipinski definition) is 1. The molecule has 20 heavy (non-hydrogen) atoms. The maximum atomic E-state index is 13.4. The van der Waals surface area contributed by atoms with Crippen molar-refractivity contribution >= 4 is 15.9 Å². The Labute approximate surface area is 126 Å². The van der Waals surface area contributed by atoms with Gasteiger partial charge in [0.05, 0.1) is 10.8 Å². The van der Waals surface area contributed by atoms with Gasteiger partial charge in [0, 0.05) is 23.0 Å². The predicted molar refractivity (Wildman–Crippen MR) is 80.7 cm³/mol. The fourth-order valence-corrected chi connectivity index (χ4v) is 3.18. The molecule has 106 valence electrons. The van der Waals surface area contributed by atoms with E-state index in [1.54, 1.807) is 12.1 Å². The predicted octanol–water partition coefficient (Wildman–Crippen LogP) is 3.42. The Hall–Kier alpha value is -1.20. The fraction of sp³-hybridized carbons (Fsp3) is 0.400. The quantitative estimate of drug-likeness (QED) is 0.909. The Bertz CT molecular complexity index is 617. The van der Waals surface area contributed by atoms with Crippen molar-refractivity contribution in [3.8, 4) is 5.69 Å². The molecule has 0 saturated carbocycles. The van der Waals surface area contributed by atoms with Gasteiger partial charge >= 0.3 is 0 Å². The lowest BCUT2D eigenvalue weighted by molar-refractivity contribution is 0.324. The number of nitrogens with zero attached hydrogens (tertiary/aromatic N) is 2. The average molecular weight is 338 g/mol. The molecule has 0 unspecified atom stereocenters. The highest BCUT2D eigenvalue weighted by molar-refractivity contribution is 9.10. The number of rotatable bonds is 2. The van der Waals surface area contributed by atoms with Crippen molar-refractivity contribution in [2.24, 2.45) is 0 Å². The highest BCUT2D eigenvalue weighted by Gasteiger charge is 2.32. The molecule has 5 heteroatoms. The van der Waals surface area contributed by atoms with E-state index < -0.39 is 0 Å². The Morgan fingerprint density at radius 1 is 1.35 bits per heavy atom. The number of hydrogen-bond acceptors (Lipinski definition) is 2. The van der Waals surface area contributed by atoms with Gasteiger partial charge in [-0.3, -0.25) is 0 Å². The van der Waals surface area contributed by atoms with Crippen LogP contribution in [0.1, 0.15) is 25.5 Å². The molecule has 0 spiro atoms. The first-order chi connectivity index (χ1) is 9.60. The van der Waals surface area contributed by atoms with E-state index in [9.17, 15) is 4.39 Å². The van der Waals surface area contributed by atoms with Gasteiger partial charge in [0.15, 0.2) is 0 Å². The van der Waals surface area contributed by atoms with Crippen molar-refractivity contribution in [3.63, 3.8) is 0 Å². The Morgan fingerprint density at radius 3 is 2.80 bits per heavy atom. The molecule has 0 amide bonds. The first-order valence-corrected chi connectivity index (χ1v) is 7.58. The molecular formula is C15H17BrFN3. The van der Waals surface area contributed by atoms with Crippen LogP contribution >= 0.6 is 15.9 Å². The van der Waals surface area contributed by atoms with Gasteiger partial charge in [0.1, 0.15) is 5.82 Å². The zero-order valence-electron chi connectivity index (χ0n) is 11.4. The summed E-state index contributed by atoms with van der Waals surface area (Å²) in [6.45, 7) is 4.32. The Balaban J connectivity index is 2.03. The second-order valence-corrected chi connectivity index (χ2v) is 6.41. The largest absolute Gasteiger partial charge is 0.317 e. The second kappa shape index (κ2) is 5.30. The topological polar surface area (TPSA) is 29.9 Å². The molecular weight excluding hydrogens is 321 g/mol. The van der Waals surface area contributed by atoms with Gasteiger partial charge in [-0.15, -0.1) is 0 Å². The minimum atomic E-state index is -0.247. The third-order valence-corrected chi connectivity index (χ3v) is 4.75. The summed E-state index contributed by atoms with van der Waals surface area (Å²) in [5.41, 5.74) is 2.24. The standard InChI is InChI=1S/C15H17BrFN3/c1-15(4-6-18-7-5-15)14-9-19-10-20(14)11-2-3-13(17)12(16)8-11/h2-3,8-10,18H,4-7H2,1H3. The molecule has 2 heterocycles. The van der Waals surface area contributed by atoms with Gasteiger partial charge in [0.2, 0.25) is 0 Å². The molecule has 2 aromatic rings. The molecule has 3 nitrogen and oxygen atoms in total. The lowest BCUT2D eigenvalue weighted by atomic mass is 9.78. The van der Waals surface area contributed by atoms with Crippen molar-refractivity contribution < 1.29 is 4.39 Å². The zero-order chi connectivity index (χ0) is 14.2. The van der Waals surface area contributed by atoms with E-state index in [0.29, 0.717) is 4.47 Å². The number of piperidine rings is 1. The van der Waals surface area contributed by atoms with Crippen LogP contribution in [-0.4, -0.2) is 22.6 Å². The second-order valence-electron chi connectivity index (χ2n) is 5.56. The van der Waals surface area contributed by atoms with E-state index in [1.165, 1.54) is 11.8 Å². The van der Waals surface area contributed by atoms with Crippen LogP contribution < -0.4 is 5.32 Å². The lowest BCUT2D eigenvalue weighted by Gasteiger charge is -2.34. The number of imidazole rings is 1. The third-order valence-electron chi connectivity index (χ3n) is 4.15. The monoisotopic (exact) mass is 337 g/mol. The summed E-state index contributed by atoms with van der Waals surface area (Å²) in [6.07, 6.45) is 5.91. The molecule has 1 fully saturated rings. The van der Waals surface area contributed by atoms with Crippen LogP contribution in [0.3, 0.4) is 0 Å². The van der Waals surface area contributed by atoms with E-state index in [-0.39, 0.29) is 11.2 Å². The Kier molecular flexibility index (Phi) is 3.65. The summed E-state index contributed by atoms with van der Waals surface area (Å²) < 4.78 is 15.9. The number of benzene rings is 1. The molecule has 1 saturated heterocycles. The summed E-state index contributed by atoms with van der Waals surface area (Å²) >= 11 is 3.25. The molecule has 1 aliphatic rings. The minimum absolute atomic E-state index is 0.114. The van der Waals surface area contributed by atoms with Gasteiger partial charge in [-0.2, -0.15) is 0 Å². The van der Waals surface area contributed by atoms with Gasteiger partial charge in [-0.05, 0) is 60.1 Å². The van der Waals surface area contributed by atoms with Gasteiger partial charge in [-0.25, -0.2) is 9.37 Å². The maximum absolute atomic E-state index is 13.4. The normalized spacial score (nSPS) is 18.1. The molecule has 0 radical (unpaired) electrons. The molecule has 0 atom stereocenters. The van der Waals surface area contributed by atoms with Crippen LogP contribution in [0, 0.1) is 5.82 Å². The van der Waals surface area contributed by atoms with Crippen LogP contribution in [-0.2, 0) is 5.41 Å². The molecule has 1 aromatic heterocycles. The Morgan fingerprint density at radius 2 is 2.10 bits per heavy atom. The first-order valence-electron chi connectivity index (χ1n) is 6.79. The lowest BCUT2D eigenvalue weighted by Crippen LogP contribution is -2.38. The number of aromatic nitrogens is 2. The molecule has 0 aliphatic carbocycles. The first kappa shape index (κ1) is 13.8. The van der Waals surface area contributed by atoms with E-state index in [4.69, 9.17) is 0 Å². The van der Waals surface area contributed by atoms with Crippen molar-refractivity contribution in [3.05, 3.63) is 46.7 Å². The van der Waals surface area contributed by atoms with E-state index in [1.807, 2.05) is 12.5 Å². The van der Waals surface area contributed by atoms with Gasteiger partial charge < -0.3 is 9.88 Å². The van der Waals surface area contributed by atoms with Crippen molar-refractivity contribution in [1.29, 1.82) is 0 Å². The SMILES string of the molecule is CC1(c2cncn2-c2ccc(F)c(Br)c2)CCNCC1. The van der Waals surface area contributed by atoms with Crippen molar-refractivity contribution in [2.45, 2.75) is 25.2 Å². The van der Waals surface area contributed by atoms with Crippen LogP contribution in [0.5, 0.6) is 0 Å². The van der Waals surface area contributed by atoms with Gasteiger partial charge in [0.25, 0.3) is 0 Å². The molecule has 1 aliphatic heterocycles. The summed E-state index contributed by atoms with van der Waals surface area (Å²) in [5, 5.41) is 3.39. The zero-order valence-corrected chi connectivity index (χ0v) is 13.0. The third kappa shape index (κ3) is 2.40. The molecule has 1 N–H and O–H groups in total. The summed E-state index contributed by atoms with van der Waals surface area (Å²) in [4.78, 5) is 4.30. The van der Waals surface area contributed by atoms with Crippen LogP contribution in [0.2, 0.25) is 0 Å². The molecule has 0 bridgehead atoms. The van der Waals surface area contributed by atoms with E-state index in [0.717, 1.165) is 31.6 Å². The van der Waals surface area contributed by atoms with Crippen LogP contribution in [0.4, 0.5) is 4.39 Å². The molecule has 1 aromatic carbocycles. The highest BCUT2D eigenvalue weighted by Crippen LogP contribution is 2.34. The van der Waals surface area contributed by atoms with E-state index in [2.05, 4.69) is 37.7 Å². The van der Waals surface area contributed by atoms with Crippen molar-refractivity contribution in [2.75, 3.05) is 13.1 Å². The fourth-order valence-electron chi connectivity index (χ4n) is 2.82. The van der Waals surface area contributed by atoms with Crippen LogP contribution in [0.25, 0.3) is 5.69 Å².